The molecule has 0 N–H and O–H groups in total. The first-order chi connectivity index (χ1) is 21.1. The number of thiocarbonyl (C=S) groups is 1. The normalized spacial score (nSPS) is 20.0. The van der Waals surface area contributed by atoms with Crippen molar-refractivity contribution in [3.8, 4) is 17.2 Å². The summed E-state index contributed by atoms with van der Waals surface area (Å²) < 4.78 is 15.8. The number of pyridine rings is 2. The third kappa shape index (κ3) is 5.40. The largest absolute Gasteiger partial charge is 0.467 e. The second-order valence-corrected chi connectivity index (χ2v) is 11.8. The van der Waals surface area contributed by atoms with Crippen molar-refractivity contribution in [3.05, 3.63) is 78.8 Å². The van der Waals surface area contributed by atoms with E-state index in [1.807, 2.05) is 23.0 Å². The minimum absolute atomic E-state index is 0.151. The average molecular weight is 592 g/mol. The third-order valence-corrected chi connectivity index (χ3v) is 9.05. The first-order valence-corrected chi connectivity index (χ1v) is 15.3. The van der Waals surface area contributed by atoms with E-state index in [1.54, 1.807) is 23.3 Å². The van der Waals surface area contributed by atoms with Gasteiger partial charge in [-0.15, -0.1) is 0 Å². The molecule has 2 atom stereocenters. The minimum atomic E-state index is 0.151. The summed E-state index contributed by atoms with van der Waals surface area (Å²) in [7, 11) is 0. The molecule has 2 fully saturated rings. The van der Waals surface area contributed by atoms with Crippen LogP contribution in [0.1, 0.15) is 50.3 Å². The second-order valence-electron chi connectivity index (χ2n) is 11.5. The number of piperidine rings is 1. The molecule has 0 amide bonds. The van der Waals surface area contributed by atoms with E-state index in [-0.39, 0.29) is 6.10 Å². The number of aromatic nitrogens is 5. The van der Waals surface area contributed by atoms with Crippen molar-refractivity contribution < 1.29 is 9.47 Å². The van der Waals surface area contributed by atoms with Crippen LogP contribution in [0.2, 0.25) is 0 Å². The van der Waals surface area contributed by atoms with Crippen LogP contribution in [0.4, 0.5) is 0 Å². The van der Waals surface area contributed by atoms with Crippen LogP contribution in [0, 0.1) is 11.3 Å². The van der Waals surface area contributed by atoms with Gasteiger partial charge in [-0.2, -0.15) is 5.26 Å². The number of nitrogens with zero attached hydrogens (tertiary/aromatic N) is 7. The molecule has 10 heteroatoms. The van der Waals surface area contributed by atoms with Gasteiger partial charge in [-0.05, 0) is 67.6 Å². The van der Waals surface area contributed by atoms with Crippen molar-refractivity contribution in [2.24, 2.45) is 0 Å². The Balaban J connectivity index is 1.08. The Kier molecular flexibility index (Phi) is 7.61. The Morgan fingerprint density at radius 2 is 1.86 bits per heavy atom. The van der Waals surface area contributed by atoms with Crippen molar-refractivity contribution in [1.29, 1.82) is 5.26 Å². The number of hydrogen-bond acceptors (Lipinski definition) is 8. The zero-order chi connectivity index (χ0) is 29.3. The summed E-state index contributed by atoms with van der Waals surface area (Å²) in [6, 6.07) is 16.0. The van der Waals surface area contributed by atoms with E-state index in [1.165, 1.54) is 18.4 Å². The van der Waals surface area contributed by atoms with Crippen LogP contribution in [0.3, 0.4) is 0 Å². The topological polar surface area (TPSA) is 94.0 Å². The molecule has 43 heavy (non-hydrogen) atoms. The van der Waals surface area contributed by atoms with E-state index in [4.69, 9.17) is 26.7 Å². The molecular weight excluding hydrogens is 558 g/mol. The molecule has 1 aromatic carbocycles. The van der Waals surface area contributed by atoms with Crippen LogP contribution in [0.5, 0.6) is 0 Å². The standard InChI is InChI=1S/C33H33N7O2S/c1-2-11-41-21-40-31-18-36-25(16-34)13-29(31)30-12-24(17-37-32(30)40)23-5-3-22(4-6-23)19-39-26-7-8-27(39)15-28(14-26)42-33(43)38-10-9-35-20-38/h3-6,9-10,12-13,17-18,20,26-28H,2,7-8,11,14-15,19,21H2,1H3. The Hall–Kier alpha value is -4.17. The van der Waals surface area contributed by atoms with Gasteiger partial charge < -0.3 is 9.47 Å². The molecule has 5 aromatic rings. The summed E-state index contributed by atoms with van der Waals surface area (Å²) in [6.07, 6.45) is 14.4. The van der Waals surface area contributed by atoms with Gasteiger partial charge in [0.2, 0.25) is 0 Å². The monoisotopic (exact) mass is 591 g/mol. The van der Waals surface area contributed by atoms with E-state index in [0.717, 1.165) is 58.9 Å². The van der Waals surface area contributed by atoms with Crippen molar-refractivity contribution in [2.75, 3.05) is 6.61 Å². The van der Waals surface area contributed by atoms with Gasteiger partial charge in [-0.3, -0.25) is 14.0 Å². The maximum absolute atomic E-state index is 9.47. The van der Waals surface area contributed by atoms with Gasteiger partial charge in [-0.1, -0.05) is 31.2 Å². The Bertz CT molecular complexity index is 1800. The van der Waals surface area contributed by atoms with Gasteiger partial charge in [0.1, 0.15) is 36.6 Å². The quantitative estimate of drug-likeness (QED) is 0.159. The molecule has 4 aromatic heterocycles. The lowest BCUT2D eigenvalue weighted by atomic mass is 9.98. The number of hydrogen-bond donors (Lipinski definition) is 0. The molecule has 0 aliphatic carbocycles. The maximum atomic E-state index is 9.47. The molecule has 9 nitrogen and oxygen atoms in total. The fourth-order valence-electron chi connectivity index (χ4n) is 6.68. The number of imidazole rings is 1. The Labute approximate surface area is 255 Å². The van der Waals surface area contributed by atoms with Crippen LogP contribution in [-0.2, 0) is 22.7 Å². The molecule has 0 saturated carbocycles. The molecule has 6 heterocycles. The predicted molar refractivity (Wildman–Crippen MR) is 168 cm³/mol. The number of nitriles is 1. The van der Waals surface area contributed by atoms with Crippen LogP contribution in [-0.4, -0.2) is 59.0 Å². The van der Waals surface area contributed by atoms with Crippen LogP contribution < -0.4 is 0 Å². The summed E-state index contributed by atoms with van der Waals surface area (Å²) in [5.41, 5.74) is 5.59. The molecule has 2 aliphatic heterocycles. The van der Waals surface area contributed by atoms with E-state index >= 15 is 0 Å². The van der Waals surface area contributed by atoms with Crippen LogP contribution in [0.25, 0.3) is 33.1 Å². The summed E-state index contributed by atoms with van der Waals surface area (Å²) in [4.78, 5) is 15.9. The number of ether oxygens (including phenoxy) is 2. The highest BCUT2D eigenvalue weighted by atomic mass is 32.1. The maximum Gasteiger partial charge on any atom is 0.269 e. The average Bonchev–Trinajstić information content (AvgIpc) is 3.73. The van der Waals surface area contributed by atoms with E-state index in [2.05, 4.69) is 58.2 Å². The fourth-order valence-corrected chi connectivity index (χ4v) is 6.92. The SMILES string of the molecule is CCCOCn1c2cnc(C#N)cc2c2cc(-c3ccc(CN4C5CCC4CC(OC(=S)n4ccnc4)C5)cc3)cnc21. The molecule has 2 aliphatic rings. The summed E-state index contributed by atoms with van der Waals surface area (Å²) in [5, 5.41) is 11.9. The molecule has 0 spiro atoms. The molecular formula is C33H33N7O2S. The first kappa shape index (κ1) is 27.7. The van der Waals surface area contributed by atoms with Crippen molar-refractivity contribution in [2.45, 2.75) is 70.5 Å². The molecule has 7 rings (SSSR count). The highest BCUT2D eigenvalue weighted by molar-refractivity contribution is 7.80. The smallest absolute Gasteiger partial charge is 0.269 e. The summed E-state index contributed by atoms with van der Waals surface area (Å²) in [6.45, 7) is 4.08. The lowest BCUT2D eigenvalue weighted by Crippen LogP contribution is -2.45. The van der Waals surface area contributed by atoms with Gasteiger partial charge in [0, 0.05) is 60.2 Å². The number of rotatable bonds is 8. The van der Waals surface area contributed by atoms with Gasteiger partial charge in [0.05, 0.1) is 11.7 Å². The van der Waals surface area contributed by atoms with Gasteiger partial charge in [-0.25, -0.2) is 15.0 Å². The van der Waals surface area contributed by atoms with Gasteiger partial charge in [0.25, 0.3) is 5.17 Å². The van der Waals surface area contributed by atoms with Crippen LogP contribution >= 0.6 is 12.2 Å². The number of benzene rings is 1. The molecule has 2 bridgehead atoms. The first-order valence-electron chi connectivity index (χ1n) is 14.9. The van der Waals surface area contributed by atoms with Crippen molar-refractivity contribution in [3.63, 3.8) is 0 Å². The molecule has 2 unspecified atom stereocenters. The Morgan fingerprint density at radius 1 is 1.05 bits per heavy atom. The lowest BCUT2D eigenvalue weighted by molar-refractivity contribution is 0.0379. The number of fused-ring (bicyclic) bond motifs is 5. The van der Waals surface area contributed by atoms with E-state index in [0.29, 0.717) is 36.3 Å². The highest BCUT2D eigenvalue weighted by Crippen LogP contribution is 2.38. The summed E-state index contributed by atoms with van der Waals surface area (Å²) in [5.74, 6) is 0. The fraction of sp³-hybridized carbons (Fsp3) is 0.364. The van der Waals surface area contributed by atoms with Gasteiger partial charge in [0.15, 0.2) is 0 Å². The molecule has 218 valence electrons. The van der Waals surface area contributed by atoms with Crippen LogP contribution in [0.15, 0.2) is 67.5 Å². The predicted octanol–water partition coefficient (Wildman–Crippen LogP) is 6.05. The van der Waals surface area contributed by atoms with Crippen molar-refractivity contribution in [1.82, 2.24) is 29.0 Å². The van der Waals surface area contributed by atoms with E-state index < -0.39 is 0 Å². The third-order valence-electron chi connectivity index (χ3n) is 8.75. The zero-order valence-electron chi connectivity index (χ0n) is 24.1. The van der Waals surface area contributed by atoms with Gasteiger partial charge >= 0.3 is 0 Å². The minimum Gasteiger partial charge on any atom is -0.467 e. The van der Waals surface area contributed by atoms with E-state index in [9.17, 15) is 5.26 Å². The second kappa shape index (κ2) is 11.8. The zero-order valence-corrected chi connectivity index (χ0v) is 24.9. The van der Waals surface area contributed by atoms with Crippen molar-refractivity contribution >= 4 is 39.3 Å². The lowest BCUT2D eigenvalue weighted by Gasteiger charge is -2.38. The molecule has 0 radical (unpaired) electrons. The highest BCUT2D eigenvalue weighted by Gasteiger charge is 2.41. The summed E-state index contributed by atoms with van der Waals surface area (Å²) >= 11 is 5.48. The molecule has 2 saturated heterocycles. The Morgan fingerprint density at radius 3 is 2.58 bits per heavy atom.